The van der Waals surface area contributed by atoms with Crippen molar-refractivity contribution >= 4 is 0 Å². The molecule has 0 amide bonds. The molecule has 3 heteroatoms. The molecule has 0 aromatic rings. The molecule has 2 rings (SSSR count). The molecule has 3 atom stereocenters. The van der Waals surface area contributed by atoms with E-state index in [4.69, 9.17) is 5.73 Å². The summed E-state index contributed by atoms with van der Waals surface area (Å²) in [6.07, 6.45) is 10.9. The van der Waals surface area contributed by atoms with Gasteiger partial charge in [0.15, 0.2) is 0 Å². The van der Waals surface area contributed by atoms with Gasteiger partial charge in [0.2, 0.25) is 0 Å². The summed E-state index contributed by atoms with van der Waals surface area (Å²) in [5.74, 6) is 0.884. The first-order chi connectivity index (χ1) is 9.31. The van der Waals surface area contributed by atoms with Crippen molar-refractivity contribution in [3.63, 3.8) is 0 Å². The zero-order chi connectivity index (χ0) is 13.5. The number of rotatable bonds is 9. The number of unbranched alkanes of at least 4 members (excludes halogenated alkanes) is 1. The number of likely N-dealkylation sites (tertiary alicyclic amines) is 1. The quantitative estimate of drug-likeness (QED) is 0.630. The standard InChI is InChI=1S/C16H33N3/c1-2-5-14(9-10-17)6-3-4-11-19-12-15-7-8-16(13-19)18-15/h14-16,18H,2-13,17H2,1H3. The minimum atomic E-state index is 0.795. The number of piperazine rings is 1. The van der Waals surface area contributed by atoms with Crippen molar-refractivity contribution in [2.45, 2.75) is 70.4 Å². The molecule has 0 aliphatic carbocycles. The van der Waals surface area contributed by atoms with Crippen LogP contribution < -0.4 is 11.1 Å². The Bertz CT molecular complexity index is 226. The predicted molar refractivity (Wildman–Crippen MR) is 82.3 cm³/mol. The van der Waals surface area contributed by atoms with Crippen LogP contribution in [0.4, 0.5) is 0 Å². The molecular weight excluding hydrogens is 234 g/mol. The zero-order valence-electron chi connectivity index (χ0n) is 12.7. The molecule has 0 aromatic heterocycles. The van der Waals surface area contributed by atoms with E-state index >= 15 is 0 Å². The summed E-state index contributed by atoms with van der Waals surface area (Å²) in [7, 11) is 0. The molecule has 2 fully saturated rings. The van der Waals surface area contributed by atoms with Crippen LogP contribution in [-0.4, -0.2) is 43.2 Å². The highest BCUT2D eigenvalue weighted by atomic mass is 15.2. The number of nitrogens with zero attached hydrogens (tertiary/aromatic N) is 1. The summed E-state index contributed by atoms with van der Waals surface area (Å²) in [5, 5.41) is 3.71. The van der Waals surface area contributed by atoms with Crippen molar-refractivity contribution in [3.8, 4) is 0 Å². The van der Waals surface area contributed by atoms with Crippen LogP contribution in [-0.2, 0) is 0 Å². The van der Waals surface area contributed by atoms with Gasteiger partial charge in [-0.05, 0) is 44.7 Å². The lowest BCUT2D eigenvalue weighted by molar-refractivity contribution is 0.191. The van der Waals surface area contributed by atoms with Crippen LogP contribution >= 0.6 is 0 Å². The van der Waals surface area contributed by atoms with Gasteiger partial charge in [-0.15, -0.1) is 0 Å². The van der Waals surface area contributed by atoms with Gasteiger partial charge in [0, 0.05) is 25.2 Å². The second-order valence-corrected chi connectivity index (χ2v) is 6.63. The first-order valence-electron chi connectivity index (χ1n) is 8.50. The molecular formula is C16H33N3. The van der Waals surface area contributed by atoms with Gasteiger partial charge in [-0.25, -0.2) is 0 Å². The molecule has 0 saturated carbocycles. The third-order valence-electron chi connectivity index (χ3n) is 4.90. The summed E-state index contributed by atoms with van der Waals surface area (Å²) in [5.41, 5.74) is 5.70. The van der Waals surface area contributed by atoms with Gasteiger partial charge in [0.05, 0.1) is 0 Å². The van der Waals surface area contributed by atoms with E-state index in [-0.39, 0.29) is 0 Å². The van der Waals surface area contributed by atoms with Crippen LogP contribution in [0.15, 0.2) is 0 Å². The van der Waals surface area contributed by atoms with Crippen LogP contribution in [0.1, 0.15) is 58.3 Å². The third kappa shape index (κ3) is 5.05. The van der Waals surface area contributed by atoms with Crippen LogP contribution in [0, 0.1) is 5.92 Å². The molecule has 2 heterocycles. The Morgan fingerprint density at radius 2 is 1.84 bits per heavy atom. The molecule has 2 aliphatic heterocycles. The van der Waals surface area contributed by atoms with Crippen molar-refractivity contribution < 1.29 is 0 Å². The monoisotopic (exact) mass is 267 g/mol. The van der Waals surface area contributed by atoms with Gasteiger partial charge in [-0.2, -0.15) is 0 Å². The second-order valence-electron chi connectivity index (χ2n) is 6.63. The van der Waals surface area contributed by atoms with Crippen molar-refractivity contribution in [2.75, 3.05) is 26.2 Å². The number of fused-ring (bicyclic) bond motifs is 2. The van der Waals surface area contributed by atoms with E-state index in [0.717, 1.165) is 24.5 Å². The van der Waals surface area contributed by atoms with Crippen molar-refractivity contribution in [2.24, 2.45) is 11.7 Å². The molecule has 0 radical (unpaired) electrons. The highest BCUT2D eigenvalue weighted by Gasteiger charge is 2.31. The van der Waals surface area contributed by atoms with Gasteiger partial charge >= 0.3 is 0 Å². The lowest BCUT2D eigenvalue weighted by Crippen LogP contribution is -2.51. The molecule has 3 unspecified atom stereocenters. The smallest absolute Gasteiger partial charge is 0.0198 e. The summed E-state index contributed by atoms with van der Waals surface area (Å²) < 4.78 is 0. The van der Waals surface area contributed by atoms with Gasteiger partial charge in [0.25, 0.3) is 0 Å². The molecule has 2 aliphatic rings. The van der Waals surface area contributed by atoms with E-state index in [1.165, 1.54) is 71.0 Å². The average molecular weight is 267 g/mol. The number of hydrogen-bond donors (Lipinski definition) is 2. The number of nitrogens with two attached hydrogens (primary N) is 1. The largest absolute Gasteiger partial charge is 0.330 e. The molecule has 3 nitrogen and oxygen atoms in total. The van der Waals surface area contributed by atoms with E-state index in [0.29, 0.717) is 0 Å². The van der Waals surface area contributed by atoms with Crippen molar-refractivity contribution in [1.29, 1.82) is 0 Å². The van der Waals surface area contributed by atoms with E-state index in [2.05, 4.69) is 17.1 Å². The van der Waals surface area contributed by atoms with Crippen molar-refractivity contribution in [1.82, 2.24) is 10.2 Å². The van der Waals surface area contributed by atoms with Crippen LogP contribution in [0.2, 0.25) is 0 Å². The Balaban J connectivity index is 1.56. The Hall–Kier alpha value is -0.120. The summed E-state index contributed by atoms with van der Waals surface area (Å²) in [6.45, 7) is 7.05. The maximum Gasteiger partial charge on any atom is 0.0198 e. The SMILES string of the molecule is CCCC(CCN)CCCCN1CC2CCC(C1)N2. The summed E-state index contributed by atoms with van der Waals surface area (Å²) in [4.78, 5) is 2.69. The topological polar surface area (TPSA) is 41.3 Å². The third-order valence-corrected chi connectivity index (χ3v) is 4.90. The average Bonchev–Trinajstić information content (AvgIpc) is 2.74. The second kappa shape index (κ2) is 8.23. The van der Waals surface area contributed by atoms with Gasteiger partial charge in [0.1, 0.15) is 0 Å². The normalized spacial score (nSPS) is 28.7. The molecule has 0 aromatic carbocycles. The van der Waals surface area contributed by atoms with E-state index in [1.807, 2.05) is 0 Å². The van der Waals surface area contributed by atoms with Crippen LogP contribution in [0.25, 0.3) is 0 Å². The fraction of sp³-hybridized carbons (Fsp3) is 1.00. The summed E-state index contributed by atoms with van der Waals surface area (Å²) in [6, 6.07) is 1.59. The predicted octanol–water partition coefficient (Wildman–Crippen LogP) is 2.36. The fourth-order valence-corrected chi connectivity index (χ4v) is 3.92. The highest BCUT2D eigenvalue weighted by molar-refractivity contribution is 4.92. The molecule has 2 saturated heterocycles. The minimum absolute atomic E-state index is 0.795. The lowest BCUT2D eigenvalue weighted by Gasteiger charge is -2.32. The van der Waals surface area contributed by atoms with Gasteiger partial charge in [-0.1, -0.05) is 32.6 Å². The van der Waals surface area contributed by atoms with E-state index in [1.54, 1.807) is 0 Å². The van der Waals surface area contributed by atoms with Gasteiger partial charge < -0.3 is 16.0 Å². The van der Waals surface area contributed by atoms with Crippen molar-refractivity contribution in [3.05, 3.63) is 0 Å². The molecule has 19 heavy (non-hydrogen) atoms. The molecule has 3 N–H and O–H groups in total. The van der Waals surface area contributed by atoms with E-state index < -0.39 is 0 Å². The Morgan fingerprint density at radius 1 is 1.11 bits per heavy atom. The number of nitrogens with one attached hydrogen (secondary N) is 1. The maximum absolute atomic E-state index is 5.70. The fourth-order valence-electron chi connectivity index (χ4n) is 3.92. The van der Waals surface area contributed by atoms with Crippen LogP contribution in [0.5, 0.6) is 0 Å². The maximum atomic E-state index is 5.70. The molecule has 112 valence electrons. The number of hydrogen-bond acceptors (Lipinski definition) is 3. The van der Waals surface area contributed by atoms with E-state index in [9.17, 15) is 0 Å². The van der Waals surface area contributed by atoms with Gasteiger partial charge in [-0.3, -0.25) is 0 Å². The zero-order valence-corrected chi connectivity index (χ0v) is 12.7. The summed E-state index contributed by atoms with van der Waals surface area (Å²) >= 11 is 0. The Labute approximate surface area is 119 Å². The lowest BCUT2D eigenvalue weighted by atomic mass is 9.94. The first kappa shape index (κ1) is 15.3. The Morgan fingerprint density at radius 3 is 2.47 bits per heavy atom. The Kier molecular flexibility index (Phi) is 6.62. The molecule has 2 bridgehead atoms. The molecule has 0 spiro atoms. The minimum Gasteiger partial charge on any atom is -0.330 e. The first-order valence-corrected chi connectivity index (χ1v) is 8.50. The van der Waals surface area contributed by atoms with Crippen LogP contribution in [0.3, 0.4) is 0 Å². The highest BCUT2D eigenvalue weighted by Crippen LogP contribution is 2.21.